The van der Waals surface area contributed by atoms with Crippen LogP contribution in [0.2, 0.25) is 5.02 Å². The van der Waals surface area contributed by atoms with Crippen LogP contribution in [0.5, 0.6) is 17.2 Å². The third kappa shape index (κ3) is 5.77. The maximum absolute atomic E-state index is 12.3. The molecule has 0 aliphatic heterocycles. The molecule has 0 fully saturated rings. The molecule has 1 aromatic heterocycles. The average molecular weight is 490 g/mol. The lowest BCUT2D eigenvalue weighted by molar-refractivity contribution is -0.118. The summed E-state index contributed by atoms with van der Waals surface area (Å²) in [6, 6.07) is 10.9. The van der Waals surface area contributed by atoms with Crippen LogP contribution in [-0.2, 0) is 11.3 Å². The van der Waals surface area contributed by atoms with Gasteiger partial charge >= 0.3 is 0 Å². The highest BCUT2D eigenvalue weighted by Crippen LogP contribution is 2.39. The molecule has 0 radical (unpaired) electrons. The Balaban J connectivity index is 1.64. The van der Waals surface area contributed by atoms with Crippen LogP contribution in [0.15, 0.2) is 46.7 Å². The first-order chi connectivity index (χ1) is 16.0. The van der Waals surface area contributed by atoms with E-state index in [1.165, 1.54) is 32.2 Å². The van der Waals surface area contributed by atoms with E-state index in [0.29, 0.717) is 39.5 Å². The van der Waals surface area contributed by atoms with Gasteiger partial charge in [-0.15, -0.1) is 10.2 Å². The summed E-state index contributed by atoms with van der Waals surface area (Å²) in [5.74, 6) is 1.99. The summed E-state index contributed by atoms with van der Waals surface area (Å²) in [5.41, 5.74) is 4.04. The summed E-state index contributed by atoms with van der Waals surface area (Å²) in [6.07, 6.45) is 1.48. The fourth-order valence-corrected chi connectivity index (χ4v) is 3.98. The van der Waals surface area contributed by atoms with Crippen molar-refractivity contribution in [2.45, 2.75) is 18.6 Å². The van der Waals surface area contributed by atoms with E-state index in [-0.39, 0.29) is 11.7 Å². The number of benzene rings is 2. The standard InChI is InChI=1S/C22H24ClN5O4S/c1-5-28-21(14-6-9-16(23)10-7-14)26-27-22(28)33-13-18(29)25-24-12-15-8-11-17(30-2)20(32-4)19(15)31-3/h6-12H,5,13H2,1-4H3,(H,25,29). The van der Waals surface area contributed by atoms with Crippen molar-refractivity contribution in [2.75, 3.05) is 27.1 Å². The van der Waals surface area contributed by atoms with Crippen molar-refractivity contribution in [3.05, 3.63) is 47.0 Å². The van der Waals surface area contributed by atoms with E-state index in [9.17, 15) is 4.79 Å². The molecule has 0 saturated carbocycles. The number of nitrogens with zero attached hydrogens (tertiary/aromatic N) is 4. The van der Waals surface area contributed by atoms with E-state index in [4.69, 9.17) is 25.8 Å². The molecule has 11 heteroatoms. The molecule has 1 amide bonds. The predicted molar refractivity (Wildman–Crippen MR) is 129 cm³/mol. The second-order valence-electron chi connectivity index (χ2n) is 6.56. The van der Waals surface area contributed by atoms with Gasteiger partial charge in [0, 0.05) is 22.7 Å². The Morgan fingerprint density at radius 3 is 2.45 bits per heavy atom. The molecule has 9 nitrogen and oxygen atoms in total. The Bertz CT molecular complexity index is 1130. The zero-order valence-electron chi connectivity index (χ0n) is 18.7. The van der Waals surface area contributed by atoms with Crippen LogP contribution in [0.1, 0.15) is 12.5 Å². The molecule has 2 aromatic carbocycles. The lowest BCUT2D eigenvalue weighted by atomic mass is 10.2. The number of halogens is 1. The van der Waals surface area contributed by atoms with E-state index >= 15 is 0 Å². The van der Waals surface area contributed by atoms with Gasteiger partial charge in [-0.1, -0.05) is 23.4 Å². The van der Waals surface area contributed by atoms with Crippen LogP contribution in [0.25, 0.3) is 11.4 Å². The molecule has 174 valence electrons. The van der Waals surface area contributed by atoms with Crippen molar-refractivity contribution in [3.63, 3.8) is 0 Å². The van der Waals surface area contributed by atoms with Gasteiger partial charge in [-0.3, -0.25) is 4.79 Å². The molecule has 1 heterocycles. The van der Waals surface area contributed by atoms with Gasteiger partial charge in [-0.25, -0.2) is 5.43 Å². The van der Waals surface area contributed by atoms with Crippen LogP contribution in [0.4, 0.5) is 0 Å². The highest BCUT2D eigenvalue weighted by Gasteiger charge is 2.16. The van der Waals surface area contributed by atoms with Gasteiger partial charge in [0.1, 0.15) is 0 Å². The van der Waals surface area contributed by atoms with E-state index in [2.05, 4.69) is 20.7 Å². The first-order valence-corrected chi connectivity index (χ1v) is 11.3. The van der Waals surface area contributed by atoms with Crippen molar-refractivity contribution in [1.82, 2.24) is 20.2 Å². The number of amides is 1. The van der Waals surface area contributed by atoms with E-state index < -0.39 is 0 Å². The van der Waals surface area contributed by atoms with Crippen molar-refractivity contribution in [3.8, 4) is 28.6 Å². The lowest BCUT2D eigenvalue weighted by Crippen LogP contribution is -2.20. The maximum atomic E-state index is 12.3. The SMILES string of the molecule is CCn1c(SCC(=O)NN=Cc2ccc(OC)c(OC)c2OC)nnc1-c1ccc(Cl)cc1. The van der Waals surface area contributed by atoms with Crippen LogP contribution in [-0.4, -0.2) is 54.0 Å². The number of hydrazone groups is 1. The van der Waals surface area contributed by atoms with Crippen LogP contribution in [0, 0.1) is 0 Å². The van der Waals surface area contributed by atoms with Crippen LogP contribution < -0.4 is 19.6 Å². The van der Waals surface area contributed by atoms with Gasteiger partial charge in [0.15, 0.2) is 22.5 Å². The zero-order valence-corrected chi connectivity index (χ0v) is 20.2. The van der Waals surface area contributed by atoms with Gasteiger partial charge in [-0.2, -0.15) is 5.10 Å². The molecule has 0 atom stereocenters. The number of methoxy groups -OCH3 is 3. The summed E-state index contributed by atoms with van der Waals surface area (Å²) in [6.45, 7) is 2.65. The maximum Gasteiger partial charge on any atom is 0.250 e. The molecule has 0 aliphatic rings. The second kappa shape index (κ2) is 11.6. The summed E-state index contributed by atoms with van der Waals surface area (Å²) in [4.78, 5) is 12.3. The molecule has 3 aromatic rings. The molecule has 0 saturated heterocycles. The molecule has 1 N–H and O–H groups in total. The van der Waals surface area contributed by atoms with Crippen molar-refractivity contribution in [2.24, 2.45) is 5.10 Å². The van der Waals surface area contributed by atoms with Gasteiger partial charge in [-0.05, 0) is 43.3 Å². The van der Waals surface area contributed by atoms with Crippen molar-refractivity contribution < 1.29 is 19.0 Å². The van der Waals surface area contributed by atoms with Gasteiger partial charge < -0.3 is 18.8 Å². The van der Waals surface area contributed by atoms with Gasteiger partial charge in [0.25, 0.3) is 5.91 Å². The summed E-state index contributed by atoms with van der Waals surface area (Å²) >= 11 is 7.25. The monoisotopic (exact) mass is 489 g/mol. The first-order valence-electron chi connectivity index (χ1n) is 9.95. The van der Waals surface area contributed by atoms with E-state index in [1.54, 1.807) is 31.4 Å². The third-order valence-electron chi connectivity index (χ3n) is 4.60. The highest BCUT2D eigenvalue weighted by atomic mass is 35.5. The number of thioether (sulfide) groups is 1. The molecule has 33 heavy (non-hydrogen) atoms. The summed E-state index contributed by atoms with van der Waals surface area (Å²) in [7, 11) is 4.58. The zero-order chi connectivity index (χ0) is 23.8. The quantitative estimate of drug-likeness (QED) is 0.262. The topological polar surface area (TPSA) is 99.9 Å². The molecular formula is C22H24ClN5O4S. The van der Waals surface area contributed by atoms with Gasteiger partial charge in [0.2, 0.25) is 5.75 Å². The van der Waals surface area contributed by atoms with Crippen molar-refractivity contribution >= 4 is 35.5 Å². The average Bonchev–Trinajstić information content (AvgIpc) is 3.25. The van der Waals surface area contributed by atoms with E-state index in [1.807, 2.05) is 23.6 Å². The molecular weight excluding hydrogens is 466 g/mol. The number of ether oxygens (including phenoxy) is 3. The van der Waals surface area contributed by atoms with Gasteiger partial charge in [0.05, 0.1) is 33.3 Å². The Morgan fingerprint density at radius 1 is 1.09 bits per heavy atom. The Hall–Kier alpha value is -3.24. The predicted octanol–water partition coefficient (Wildman–Crippen LogP) is 3.89. The number of hydrogen-bond donors (Lipinski definition) is 1. The number of nitrogens with one attached hydrogen (secondary N) is 1. The molecule has 0 aliphatic carbocycles. The highest BCUT2D eigenvalue weighted by molar-refractivity contribution is 7.99. The van der Waals surface area contributed by atoms with Crippen molar-refractivity contribution in [1.29, 1.82) is 0 Å². The molecule has 0 spiro atoms. The largest absolute Gasteiger partial charge is 0.493 e. The normalized spacial score (nSPS) is 10.9. The molecule has 3 rings (SSSR count). The fraction of sp³-hybridized carbons (Fsp3) is 0.273. The number of carbonyl (C=O) groups excluding carboxylic acids is 1. The Morgan fingerprint density at radius 2 is 1.82 bits per heavy atom. The Kier molecular flexibility index (Phi) is 8.56. The number of aromatic nitrogens is 3. The minimum Gasteiger partial charge on any atom is -0.493 e. The molecule has 0 bridgehead atoms. The number of rotatable bonds is 10. The number of carbonyl (C=O) groups is 1. The second-order valence-corrected chi connectivity index (χ2v) is 7.94. The lowest BCUT2D eigenvalue weighted by Gasteiger charge is -2.13. The number of hydrogen-bond acceptors (Lipinski definition) is 8. The summed E-state index contributed by atoms with van der Waals surface area (Å²) < 4.78 is 18.0. The third-order valence-corrected chi connectivity index (χ3v) is 5.81. The Labute approximate surface area is 201 Å². The fourth-order valence-electron chi connectivity index (χ4n) is 3.06. The minimum atomic E-state index is -0.283. The first kappa shape index (κ1) is 24.4. The van der Waals surface area contributed by atoms with E-state index in [0.717, 1.165) is 11.4 Å². The smallest absolute Gasteiger partial charge is 0.250 e. The van der Waals surface area contributed by atoms with Crippen LogP contribution in [0.3, 0.4) is 0 Å². The summed E-state index contributed by atoms with van der Waals surface area (Å²) in [5, 5.41) is 13.8. The molecule has 0 unspecified atom stereocenters. The minimum absolute atomic E-state index is 0.124. The van der Waals surface area contributed by atoms with Crippen LogP contribution >= 0.6 is 23.4 Å².